The van der Waals surface area contributed by atoms with Crippen LogP contribution in [0.4, 0.5) is 0 Å². The first kappa shape index (κ1) is 12.7. The minimum absolute atomic E-state index is 0.354. The Labute approximate surface area is 114 Å². The van der Waals surface area contributed by atoms with Gasteiger partial charge in [-0.05, 0) is 57.7 Å². The third-order valence-corrected chi connectivity index (χ3v) is 4.23. The average molecular weight is 257 g/mol. The zero-order valence-corrected chi connectivity index (χ0v) is 12.1. The first-order valence-corrected chi connectivity index (χ1v) is 7.30. The van der Waals surface area contributed by atoms with Crippen molar-refractivity contribution in [1.82, 2.24) is 9.55 Å². The topological polar surface area (TPSA) is 43.8 Å². The number of nitrogens with zero attached hydrogens (tertiary/aromatic N) is 2. The van der Waals surface area contributed by atoms with Crippen LogP contribution in [0.15, 0.2) is 18.2 Å². The number of rotatable bonds is 2. The molecule has 0 amide bonds. The molecule has 1 aliphatic rings. The number of nitrogens with two attached hydrogens (primary N) is 1. The van der Waals surface area contributed by atoms with Crippen LogP contribution in [0.25, 0.3) is 11.0 Å². The molecule has 1 heterocycles. The number of fused-ring (bicyclic) bond motifs is 1. The Hall–Kier alpha value is -1.35. The van der Waals surface area contributed by atoms with Gasteiger partial charge in [-0.2, -0.15) is 0 Å². The highest BCUT2D eigenvalue weighted by Crippen LogP contribution is 2.36. The molecule has 1 saturated carbocycles. The predicted octanol–water partition coefficient (Wildman–Crippen LogP) is 3.52. The van der Waals surface area contributed by atoms with Crippen LogP contribution in [0.5, 0.6) is 0 Å². The smallest absolute Gasteiger partial charge is 0.113 e. The second-order valence-corrected chi connectivity index (χ2v) is 6.20. The zero-order chi connectivity index (χ0) is 13.6. The van der Waals surface area contributed by atoms with Crippen LogP contribution < -0.4 is 5.73 Å². The van der Waals surface area contributed by atoms with Crippen molar-refractivity contribution in [3.05, 3.63) is 29.6 Å². The van der Waals surface area contributed by atoms with Crippen LogP contribution >= 0.6 is 0 Å². The molecule has 0 spiro atoms. The van der Waals surface area contributed by atoms with E-state index < -0.39 is 0 Å². The van der Waals surface area contributed by atoms with Gasteiger partial charge in [-0.15, -0.1) is 0 Å². The normalized spacial score (nSPS) is 23.6. The van der Waals surface area contributed by atoms with E-state index in [2.05, 4.69) is 43.5 Å². The van der Waals surface area contributed by atoms with E-state index in [-0.39, 0.29) is 0 Å². The molecule has 102 valence electrons. The zero-order valence-electron chi connectivity index (χ0n) is 12.1. The Morgan fingerprint density at radius 3 is 2.74 bits per heavy atom. The van der Waals surface area contributed by atoms with Gasteiger partial charge < -0.3 is 10.3 Å². The van der Waals surface area contributed by atoms with E-state index >= 15 is 0 Å². The number of hydrogen-bond acceptors (Lipinski definition) is 2. The Balaban J connectivity index is 2.14. The summed E-state index contributed by atoms with van der Waals surface area (Å²) in [4.78, 5) is 4.92. The maximum Gasteiger partial charge on any atom is 0.113 e. The summed E-state index contributed by atoms with van der Waals surface area (Å²) in [6.07, 6.45) is 3.39. The minimum atomic E-state index is 0.354. The van der Waals surface area contributed by atoms with Crippen molar-refractivity contribution in [2.75, 3.05) is 0 Å². The lowest BCUT2D eigenvalue weighted by atomic mass is 10.1. The van der Waals surface area contributed by atoms with Gasteiger partial charge in [-0.1, -0.05) is 6.07 Å². The molecule has 1 aromatic heterocycles. The van der Waals surface area contributed by atoms with Gasteiger partial charge in [0.2, 0.25) is 0 Å². The summed E-state index contributed by atoms with van der Waals surface area (Å²) < 4.78 is 2.40. The molecule has 0 bridgehead atoms. The van der Waals surface area contributed by atoms with Crippen LogP contribution in [0.1, 0.15) is 56.5 Å². The molecule has 19 heavy (non-hydrogen) atoms. The van der Waals surface area contributed by atoms with E-state index in [9.17, 15) is 0 Å². The van der Waals surface area contributed by atoms with E-state index in [0.717, 1.165) is 18.4 Å². The predicted molar refractivity (Wildman–Crippen MR) is 79.4 cm³/mol. The molecular weight excluding hydrogens is 234 g/mol. The van der Waals surface area contributed by atoms with Gasteiger partial charge >= 0.3 is 0 Å². The summed E-state index contributed by atoms with van der Waals surface area (Å²) in [5, 5.41) is 0. The van der Waals surface area contributed by atoms with Crippen molar-refractivity contribution < 1.29 is 0 Å². The molecule has 2 N–H and O–H groups in total. The van der Waals surface area contributed by atoms with Crippen LogP contribution in [-0.4, -0.2) is 15.6 Å². The van der Waals surface area contributed by atoms with Gasteiger partial charge in [-0.3, -0.25) is 0 Å². The van der Waals surface area contributed by atoms with Gasteiger partial charge in [0.05, 0.1) is 11.0 Å². The van der Waals surface area contributed by atoms with Gasteiger partial charge in [0.25, 0.3) is 0 Å². The lowest BCUT2D eigenvalue weighted by Gasteiger charge is -2.17. The van der Waals surface area contributed by atoms with Crippen molar-refractivity contribution in [2.45, 2.75) is 58.0 Å². The molecular formula is C16H23N3. The molecule has 3 heteroatoms. The molecule has 0 aliphatic heterocycles. The summed E-state index contributed by atoms with van der Waals surface area (Å²) in [5.41, 5.74) is 9.73. The number of benzene rings is 1. The quantitative estimate of drug-likeness (QED) is 0.894. The van der Waals surface area contributed by atoms with Crippen LogP contribution in [0.3, 0.4) is 0 Å². The van der Waals surface area contributed by atoms with Crippen molar-refractivity contribution in [3.8, 4) is 0 Å². The van der Waals surface area contributed by atoms with Crippen molar-refractivity contribution in [2.24, 2.45) is 5.73 Å². The largest absolute Gasteiger partial charge is 0.328 e. The average Bonchev–Trinajstić information content (AvgIpc) is 2.91. The van der Waals surface area contributed by atoms with E-state index in [1.807, 2.05) is 0 Å². The second kappa shape index (κ2) is 4.64. The third kappa shape index (κ3) is 2.16. The molecule has 0 saturated heterocycles. The van der Waals surface area contributed by atoms with Gasteiger partial charge in [-0.25, -0.2) is 4.98 Å². The molecule has 1 fully saturated rings. The highest BCUT2D eigenvalue weighted by Gasteiger charge is 2.28. The van der Waals surface area contributed by atoms with Crippen molar-refractivity contribution >= 4 is 11.0 Å². The highest BCUT2D eigenvalue weighted by atomic mass is 15.1. The van der Waals surface area contributed by atoms with Crippen LogP contribution in [-0.2, 0) is 0 Å². The summed E-state index contributed by atoms with van der Waals surface area (Å²) in [6.45, 7) is 6.59. The van der Waals surface area contributed by atoms with Crippen molar-refractivity contribution in [1.29, 1.82) is 0 Å². The summed E-state index contributed by atoms with van der Waals surface area (Å²) >= 11 is 0. The second-order valence-electron chi connectivity index (χ2n) is 6.20. The maximum absolute atomic E-state index is 6.07. The molecule has 1 aliphatic carbocycles. The van der Waals surface area contributed by atoms with E-state index in [1.165, 1.54) is 23.3 Å². The molecule has 3 nitrogen and oxygen atoms in total. The van der Waals surface area contributed by atoms with Gasteiger partial charge in [0.1, 0.15) is 5.82 Å². The third-order valence-electron chi connectivity index (χ3n) is 4.23. The van der Waals surface area contributed by atoms with Crippen molar-refractivity contribution in [3.63, 3.8) is 0 Å². The fourth-order valence-corrected chi connectivity index (χ4v) is 3.31. The Bertz CT molecular complexity index is 597. The number of hydrogen-bond donors (Lipinski definition) is 1. The number of aryl methyl sites for hydroxylation is 1. The van der Waals surface area contributed by atoms with Gasteiger partial charge in [0.15, 0.2) is 0 Å². The Morgan fingerprint density at radius 1 is 1.32 bits per heavy atom. The van der Waals surface area contributed by atoms with E-state index in [1.54, 1.807) is 0 Å². The summed E-state index contributed by atoms with van der Waals surface area (Å²) in [6, 6.07) is 7.36. The molecule has 0 radical (unpaired) electrons. The van der Waals surface area contributed by atoms with E-state index in [4.69, 9.17) is 10.7 Å². The number of imidazole rings is 1. The maximum atomic E-state index is 6.07. The fourth-order valence-electron chi connectivity index (χ4n) is 3.31. The molecule has 1 aromatic carbocycles. The Morgan fingerprint density at radius 2 is 2.11 bits per heavy atom. The first-order chi connectivity index (χ1) is 9.06. The highest BCUT2D eigenvalue weighted by molar-refractivity contribution is 5.77. The standard InChI is InChI=1S/C16H23N3/c1-10(2)19-15-7-4-11(3)8-14(15)18-16(19)12-5-6-13(17)9-12/h4,7-8,10,12-13H,5-6,9,17H2,1-3H3/t12-,13+/m1/s1. The minimum Gasteiger partial charge on any atom is -0.328 e. The fraction of sp³-hybridized carbons (Fsp3) is 0.562. The van der Waals surface area contributed by atoms with Crippen LogP contribution in [0.2, 0.25) is 0 Å². The molecule has 2 aromatic rings. The lowest BCUT2D eigenvalue weighted by molar-refractivity contribution is 0.536. The van der Waals surface area contributed by atoms with E-state index in [0.29, 0.717) is 18.0 Å². The monoisotopic (exact) mass is 257 g/mol. The first-order valence-electron chi connectivity index (χ1n) is 7.30. The molecule has 2 atom stereocenters. The molecule has 3 rings (SSSR count). The summed E-state index contributed by atoms with van der Waals surface area (Å²) in [7, 11) is 0. The SMILES string of the molecule is Cc1ccc2c(c1)nc([C@@H]1CC[C@H](N)C1)n2C(C)C. The summed E-state index contributed by atoms with van der Waals surface area (Å²) in [5.74, 6) is 1.77. The Kier molecular flexibility index (Phi) is 3.09. The van der Waals surface area contributed by atoms with Gasteiger partial charge in [0, 0.05) is 18.0 Å². The molecule has 0 unspecified atom stereocenters. The lowest BCUT2D eigenvalue weighted by Crippen LogP contribution is -2.16. The number of aromatic nitrogens is 2. The van der Waals surface area contributed by atoms with Crippen LogP contribution in [0, 0.1) is 6.92 Å².